The van der Waals surface area contributed by atoms with Gasteiger partial charge in [0.2, 0.25) is 23.6 Å². The highest BCUT2D eigenvalue weighted by molar-refractivity contribution is 6.33. The van der Waals surface area contributed by atoms with Crippen LogP contribution in [0.25, 0.3) is 21.8 Å². The van der Waals surface area contributed by atoms with Crippen LogP contribution in [0.3, 0.4) is 0 Å². The van der Waals surface area contributed by atoms with E-state index < -0.39 is 47.5 Å². The summed E-state index contributed by atoms with van der Waals surface area (Å²) in [4.78, 5) is 91.2. The Kier molecular flexibility index (Phi) is 13.4. The van der Waals surface area contributed by atoms with Gasteiger partial charge in [0.05, 0.1) is 5.02 Å². The smallest absolute Gasteiger partial charge is 0.332 e. The Morgan fingerprint density at radius 1 is 0.596 bits per heavy atom. The van der Waals surface area contributed by atoms with Crippen LogP contribution >= 0.6 is 23.2 Å². The van der Waals surface area contributed by atoms with Crippen LogP contribution in [-0.2, 0) is 19.2 Å². The number of aromatic nitrogens is 2. The Bertz CT molecular complexity index is 2400. The first kappa shape index (κ1) is 41.6. The lowest BCUT2D eigenvalue weighted by Crippen LogP contribution is -2.58. The van der Waals surface area contributed by atoms with Crippen LogP contribution in [0.4, 0.5) is 9.59 Å². The van der Waals surface area contributed by atoms with E-state index >= 15 is 0 Å². The Morgan fingerprint density at radius 2 is 1.12 bits per heavy atom. The number of carbonyl (C=O) groups excluding carboxylic acids is 7. The molecule has 2 saturated heterocycles. The third-order valence-corrected chi connectivity index (χ3v) is 10.1. The number of benzene rings is 4. The molecule has 1 unspecified atom stereocenters. The summed E-state index contributed by atoms with van der Waals surface area (Å²) in [6.07, 6.45) is 4.28. The lowest BCUT2D eigenvalue weighted by Gasteiger charge is -2.37. The summed E-state index contributed by atoms with van der Waals surface area (Å²) >= 11 is 12.1. The summed E-state index contributed by atoms with van der Waals surface area (Å²) in [7, 11) is 5.49. The second-order valence-electron chi connectivity index (χ2n) is 12.9. The number of hydrogen-bond donors (Lipinski definition) is 2. The van der Waals surface area contributed by atoms with Crippen molar-refractivity contribution in [1.82, 2.24) is 29.6 Å². The Morgan fingerprint density at radius 3 is 1.70 bits per heavy atom. The Balaban J connectivity index is 0.000000173. The number of hydrogen-bond acceptors (Lipinski definition) is 7. The maximum absolute atomic E-state index is 13.1. The van der Waals surface area contributed by atoms with Crippen LogP contribution in [0.5, 0.6) is 0 Å². The van der Waals surface area contributed by atoms with Crippen molar-refractivity contribution in [3.63, 3.8) is 0 Å². The van der Waals surface area contributed by atoms with Gasteiger partial charge in [0.1, 0.15) is 12.3 Å². The van der Waals surface area contributed by atoms with Crippen LogP contribution < -0.4 is 0 Å². The second kappa shape index (κ2) is 18.4. The molecule has 8 amide bonds. The summed E-state index contributed by atoms with van der Waals surface area (Å²) < 4.78 is 0. The van der Waals surface area contributed by atoms with Gasteiger partial charge in [0.25, 0.3) is 0 Å². The van der Waals surface area contributed by atoms with Crippen molar-refractivity contribution in [2.75, 3.05) is 28.2 Å². The normalized spacial score (nSPS) is 15.1. The van der Waals surface area contributed by atoms with Crippen molar-refractivity contribution in [1.29, 1.82) is 0 Å². The first-order valence-electron chi connectivity index (χ1n) is 17.4. The maximum Gasteiger partial charge on any atom is 0.332 e. The van der Waals surface area contributed by atoms with E-state index in [2.05, 4.69) is 28.2 Å². The monoisotopic (exact) mass is 808 g/mol. The van der Waals surface area contributed by atoms with E-state index in [1.54, 1.807) is 42.6 Å². The van der Waals surface area contributed by atoms with Gasteiger partial charge in [-0.3, -0.25) is 43.6 Å². The lowest BCUT2D eigenvalue weighted by atomic mass is 9.78. The number of urea groups is 2. The molecule has 0 saturated carbocycles. The summed E-state index contributed by atoms with van der Waals surface area (Å²) in [6, 6.07) is 30.8. The third kappa shape index (κ3) is 9.12. The van der Waals surface area contributed by atoms with Gasteiger partial charge in [-0.25, -0.2) is 9.59 Å². The fourth-order valence-corrected chi connectivity index (χ4v) is 6.63. The minimum Gasteiger partial charge on any atom is -0.361 e. The van der Waals surface area contributed by atoms with E-state index in [1.807, 2.05) is 54.7 Å². The average molecular weight is 810 g/mol. The fraction of sp³-hybridized carbons (Fsp3) is 0.167. The topological polar surface area (TPSA) is 164 Å². The predicted octanol–water partition coefficient (Wildman–Crippen LogP) is 7.37. The maximum atomic E-state index is 13.1. The molecule has 4 aromatic carbocycles. The van der Waals surface area contributed by atoms with Crippen LogP contribution in [-0.4, -0.2) is 99.7 Å². The molecule has 57 heavy (non-hydrogen) atoms. The summed E-state index contributed by atoms with van der Waals surface area (Å²) in [5.41, 5.74) is 4.09. The molecule has 2 aliphatic heterocycles. The molecule has 6 aromatic rings. The molecule has 0 radical (unpaired) electrons. The molecular formula is C42H38Cl2N6O7. The molecular weight excluding hydrogens is 771 g/mol. The predicted molar refractivity (Wildman–Crippen MR) is 217 cm³/mol. The highest BCUT2D eigenvalue weighted by atomic mass is 35.5. The number of nitrogens with one attached hydrogen (secondary N) is 2. The van der Waals surface area contributed by atoms with Gasteiger partial charge in [-0.1, -0.05) is 96.0 Å². The third-order valence-electron chi connectivity index (χ3n) is 9.42. The number of amides is 8. The molecule has 4 heterocycles. The average Bonchev–Trinajstić information content (AvgIpc) is 3.89. The summed E-state index contributed by atoms with van der Waals surface area (Å²) in [5.74, 6) is -3.70. The van der Waals surface area contributed by atoms with E-state index in [0.29, 0.717) is 21.2 Å². The van der Waals surface area contributed by atoms with Gasteiger partial charge in [-0.15, -0.1) is 0 Å². The van der Waals surface area contributed by atoms with E-state index in [0.717, 1.165) is 42.4 Å². The van der Waals surface area contributed by atoms with Crippen LogP contribution in [0.2, 0.25) is 10.0 Å². The van der Waals surface area contributed by atoms with Crippen molar-refractivity contribution in [3.05, 3.63) is 142 Å². The van der Waals surface area contributed by atoms with E-state index in [4.69, 9.17) is 23.2 Å². The van der Waals surface area contributed by atoms with E-state index in [9.17, 15) is 33.6 Å². The van der Waals surface area contributed by atoms with Crippen molar-refractivity contribution >= 4 is 87.0 Å². The van der Waals surface area contributed by atoms with E-state index in [1.165, 1.54) is 39.1 Å². The minimum atomic E-state index is -1.09. The quantitative estimate of drug-likeness (QED) is 0.139. The molecule has 292 valence electrons. The SMILES string of the molecule is CN1C(=O)C(C(c2ccccc2Cl)c2c[nH]c3ccccc23)C(=O)N(C)C1=O.CN1C(=O)CC(=O)N(C)C1=O.O=Cc1ccccc1Cl.c1ccc2[nH]ccc2c1. The van der Waals surface area contributed by atoms with Crippen molar-refractivity contribution in [3.8, 4) is 0 Å². The van der Waals surface area contributed by atoms with Gasteiger partial charge in [0.15, 0.2) is 6.29 Å². The van der Waals surface area contributed by atoms with Crippen LogP contribution in [0.1, 0.15) is 33.8 Å². The number of fused-ring (bicyclic) bond motifs is 2. The largest absolute Gasteiger partial charge is 0.361 e. The summed E-state index contributed by atoms with van der Waals surface area (Å²) in [6.45, 7) is 0. The van der Waals surface area contributed by atoms with Crippen molar-refractivity contribution < 1.29 is 33.6 Å². The standard InChI is InChI=1S/C21H18ClN3O3.C8H7N.C7H5ClO.C6H8N2O3/c1-24-19(26)18(20(27)25(2)21(24)28)17(13-8-3-5-9-15(13)22)14-11-23-16-10-6-4-7-12(14)16;1-2-4-8-7(3-1)5-6-9-8;8-7-4-2-1-3-6(7)5-9;1-7-4(9)3-5(10)8(2)6(7)11/h3-11,17-18,23H,1-2H3;1-6,9H;1-5H;3H2,1-2H3. The number of barbiturate groups is 2. The second-order valence-corrected chi connectivity index (χ2v) is 13.7. The number of imide groups is 4. The molecule has 0 bridgehead atoms. The first-order chi connectivity index (χ1) is 27.3. The molecule has 13 nitrogen and oxygen atoms in total. The highest BCUT2D eigenvalue weighted by Gasteiger charge is 2.48. The number of para-hydroxylation sites is 2. The molecule has 2 fully saturated rings. The van der Waals surface area contributed by atoms with Crippen molar-refractivity contribution in [2.24, 2.45) is 5.92 Å². The Hall–Kier alpha value is -6.57. The zero-order chi connectivity index (χ0) is 41.4. The highest BCUT2D eigenvalue weighted by Crippen LogP contribution is 2.42. The lowest BCUT2D eigenvalue weighted by molar-refractivity contribution is -0.148. The van der Waals surface area contributed by atoms with Gasteiger partial charge in [-0.2, -0.15) is 0 Å². The van der Waals surface area contributed by atoms with Gasteiger partial charge < -0.3 is 9.97 Å². The molecule has 0 spiro atoms. The molecule has 2 N–H and O–H groups in total. The van der Waals surface area contributed by atoms with Crippen LogP contribution in [0, 0.1) is 5.92 Å². The number of aromatic amines is 2. The fourth-order valence-electron chi connectivity index (χ4n) is 6.20. The zero-order valence-electron chi connectivity index (χ0n) is 31.3. The number of rotatable bonds is 4. The molecule has 15 heteroatoms. The molecule has 2 aromatic heterocycles. The van der Waals surface area contributed by atoms with Gasteiger partial charge in [0, 0.05) is 73.5 Å². The van der Waals surface area contributed by atoms with Crippen LogP contribution in [0.15, 0.2) is 116 Å². The number of H-pyrrole nitrogens is 2. The number of aldehydes is 1. The molecule has 2 aliphatic rings. The van der Waals surface area contributed by atoms with Gasteiger partial charge >= 0.3 is 12.1 Å². The zero-order valence-corrected chi connectivity index (χ0v) is 32.8. The summed E-state index contributed by atoms with van der Waals surface area (Å²) in [5, 5.41) is 3.14. The van der Waals surface area contributed by atoms with Gasteiger partial charge in [-0.05, 0) is 46.8 Å². The van der Waals surface area contributed by atoms with Crippen molar-refractivity contribution in [2.45, 2.75) is 12.3 Å². The Labute approximate surface area is 337 Å². The number of halogens is 2. The molecule has 0 aliphatic carbocycles. The number of carbonyl (C=O) groups is 7. The number of nitrogens with zero attached hydrogens (tertiary/aromatic N) is 4. The first-order valence-corrected chi connectivity index (χ1v) is 18.2. The minimum absolute atomic E-state index is 0.210. The molecule has 1 atom stereocenters. The van der Waals surface area contributed by atoms with E-state index in [-0.39, 0.29) is 6.42 Å². The molecule has 8 rings (SSSR count).